The van der Waals surface area contributed by atoms with Crippen LogP contribution in [-0.4, -0.2) is 35.5 Å². The first kappa shape index (κ1) is 25.2. The van der Waals surface area contributed by atoms with Crippen molar-refractivity contribution in [3.8, 4) is 11.5 Å². The molecule has 1 aliphatic heterocycles. The monoisotopic (exact) mass is 526 g/mol. The van der Waals surface area contributed by atoms with Crippen LogP contribution in [0, 0.1) is 13.8 Å². The van der Waals surface area contributed by atoms with Crippen molar-refractivity contribution in [2.75, 3.05) is 18.6 Å². The predicted octanol–water partition coefficient (Wildman–Crippen LogP) is 6.11. The molecule has 0 bridgehead atoms. The van der Waals surface area contributed by atoms with E-state index in [9.17, 15) is 14.7 Å². The minimum atomic E-state index is -0.861. The van der Waals surface area contributed by atoms with Gasteiger partial charge in [-0.25, -0.2) is 4.98 Å². The smallest absolute Gasteiger partial charge is 0.301 e. The van der Waals surface area contributed by atoms with Crippen molar-refractivity contribution in [3.63, 3.8) is 0 Å². The van der Waals surface area contributed by atoms with Gasteiger partial charge in [0.2, 0.25) is 0 Å². The lowest BCUT2D eigenvalue weighted by Crippen LogP contribution is -2.29. The molecule has 38 heavy (non-hydrogen) atoms. The molecule has 1 saturated heterocycles. The van der Waals surface area contributed by atoms with Crippen LogP contribution in [0.4, 0.5) is 5.13 Å². The number of thiazole rings is 1. The summed E-state index contributed by atoms with van der Waals surface area (Å²) in [6.45, 7) is 7.78. The third-order valence-corrected chi connectivity index (χ3v) is 7.62. The van der Waals surface area contributed by atoms with Crippen LogP contribution >= 0.6 is 11.3 Å². The van der Waals surface area contributed by atoms with E-state index in [4.69, 9.17) is 9.47 Å². The van der Waals surface area contributed by atoms with Crippen LogP contribution in [0.3, 0.4) is 0 Å². The summed E-state index contributed by atoms with van der Waals surface area (Å²) < 4.78 is 10.9. The van der Waals surface area contributed by atoms with Gasteiger partial charge in [0.05, 0.1) is 24.4 Å². The molecule has 1 amide bonds. The molecule has 1 fully saturated rings. The zero-order valence-electron chi connectivity index (χ0n) is 21.2. The molecule has 8 heteroatoms. The average molecular weight is 527 g/mol. The molecule has 3 aromatic carbocycles. The number of hydrogen-bond acceptors (Lipinski definition) is 7. The van der Waals surface area contributed by atoms with Crippen molar-refractivity contribution in [3.05, 3.63) is 101 Å². The van der Waals surface area contributed by atoms with Crippen molar-refractivity contribution >= 4 is 44.7 Å². The van der Waals surface area contributed by atoms with Crippen molar-refractivity contribution in [1.82, 2.24) is 4.98 Å². The number of aromatic nitrogens is 1. The molecule has 0 radical (unpaired) electrons. The van der Waals surface area contributed by atoms with Crippen LogP contribution in [0.1, 0.15) is 27.7 Å². The number of anilines is 1. The highest BCUT2D eigenvalue weighted by Crippen LogP contribution is 2.44. The average Bonchev–Trinajstić information content (AvgIpc) is 3.40. The number of ether oxygens (including phenoxy) is 2. The van der Waals surface area contributed by atoms with Gasteiger partial charge in [0.25, 0.3) is 5.78 Å². The summed E-state index contributed by atoms with van der Waals surface area (Å²) in [6, 6.07) is 17.2. The number of amides is 1. The second-order valence-electron chi connectivity index (χ2n) is 8.90. The zero-order chi connectivity index (χ0) is 27.0. The summed E-state index contributed by atoms with van der Waals surface area (Å²) >= 11 is 1.33. The van der Waals surface area contributed by atoms with E-state index >= 15 is 0 Å². The highest BCUT2D eigenvalue weighted by Gasteiger charge is 2.48. The third kappa shape index (κ3) is 4.43. The summed E-state index contributed by atoms with van der Waals surface area (Å²) in [5, 5.41) is 13.7. The lowest BCUT2D eigenvalue weighted by Gasteiger charge is -2.23. The number of benzene rings is 3. The minimum absolute atomic E-state index is 0.00753. The number of hydrogen-bond donors (Lipinski definition) is 1. The van der Waals surface area contributed by atoms with Gasteiger partial charge in [0, 0.05) is 10.4 Å². The summed E-state index contributed by atoms with van der Waals surface area (Å²) in [4.78, 5) is 33.7. The topological polar surface area (TPSA) is 89.0 Å². The van der Waals surface area contributed by atoms with E-state index in [1.807, 2.05) is 38.1 Å². The molecule has 1 atom stereocenters. The van der Waals surface area contributed by atoms with Crippen LogP contribution in [0.5, 0.6) is 11.5 Å². The number of methoxy groups -OCH3 is 1. The van der Waals surface area contributed by atoms with Crippen LogP contribution in [0.15, 0.2) is 78.9 Å². The van der Waals surface area contributed by atoms with Gasteiger partial charge in [-0.3, -0.25) is 14.5 Å². The number of aliphatic hydroxyl groups excluding tert-OH is 1. The van der Waals surface area contributed by atoms with Gasteiger partial charge < -0.3 is 14.6 Å². The number of ketones is 1. The van der Waals surface area contributed by atoms with E-state index in [0.29, 0.717) is 28.6 Å². The predicted molar refractivity (Wildman–Crippen MR) is 149 cm³/mol. The SMILES string of the molecule is C=CCOc1ccc(C2/C(=C(\O)c3ccc4cc(OC)ccc4c3)C(=O)C(=O)N2c2nc(C)c(C)s2)cc1. The van der Waals surface area contributed by atoms with Crippen molar-refractivity contribution in [2.24, 2.45) is 0 Å². The molecular weight excluding hydrogens is 500 g/mol. The van der Waals surface area contributed by atoms with Crippen molar-refractivity contribution in [2.45, 2.75) is 19.9 Å². The first-order valence-electron chi connectivity index (χ1n) is 12.0. The second kappa shape index (κ2) is 10.1. The Bertz CT molecular complexity index is 1580. The van der Waals surface area contributed by atoms with E-state index < -0.39 is 17.7 Å². The van der Waals surface area contributed by atoms with Crippen LogP contribution in [0.25, 0.3) is 16.5 Å². The Labute approximate surface area is 224 Å². The Balaban J connectivity index is 1.66. The maximum Gasteiger partial charge on any atom is 0.301 e. The first-order chi connectivity index (χ1) is 18.3. The van der Waals surface area contributed by atoms with Crippen LogP contribution < -0.4 is 14.4 Å². The Morgan fingerprint density at radius 2 is 1.74 bits per heavy atom. The third-order valence-electron chi connectivity index (χ3n) is 6.55. The number of carbonyl (C=O) groups is 2. The lowest BCUT2D eigenvalue weighted by molar-refractivity contribution is -0.132. The van der Waals surface area contributed by atoms with E-state index in [1.54, 1.807) is 49.6 Å². The Morgan fingerprint density at radius 1 is 1.05 bits per heavy atom. The molecule has 0 aliphatic carbocycles. The van der Waals surface area contributed by atoms with Crippen LogP contribution in [0.2, 0.25) is 0 Å². The van der Waals surface area contributed by atoms with Gasteiger partial charge in [0.15, 0.2) is 5.13 Å². The standard InChI is InChI=1S/C30H26N2O5S/c1-5-14-37-23-11-8-19(9-12-23)26-25(28(34)29(35)32(26)30-31-17(2)18(3)38-30)27(33)22-7-6-21-16-24(36-4)13-10-20(21)15-22/h5-13,15-16,26,33H,1,14H2,2-4H3/b27-25+. The fourth-order valence-electron chi connectivity index (χ4n) is 4.46. The summed E-state index contributed by atoms with van der Waals surface area (Å²) in [5.41, 5.74) is 1.87. The van der Waals surface area contributed by atoms with Gasteiger partial charge in [-0.15, -0.1) is 11.3 Å². The Hall–Kier alpha value is -4.43. The second-order valence-corrected chi connectivity index (χ2v) is 10.1. The highest BCUT2D eigenvalue weighted by molar-refractivity contribution is 7.16. The zero-order valence-corrected chi connectivity index (χ0v) is 22.0. The van der Waals surface area contributed by atoms with E-state index in [2.05, 4.69) is 11.6 Å². The van der Waals surface area contributed by atoms with Crippen LogP contribution in [-0.2, 0) is 9.59 Å². The normalized spacial score (nSPS) is 16.7. The highest BCUT2D eigenvalue weighted by atomic mass is 32.1. The molecule has 192 valence electrons. The number of carbonyl (C=O) groups excluding carboxylic acids is 2. The van der Waals surface area contributed by atoms with Gasteiger partial charge in [0.1, 0.15) is 23.9 Å². The molecule has 1 aromatic heterocycles. The molecular formula is C30H26N2O5S. The van der Waals surface area contributed by atoms with E-state index in [-0.39, 0.29) is 11.3 Å². The molecule has 1 aliphatic rings. The largest absolute Gasteiger partial charge is 0.507 e. The molecule has 0 saturated carbocycles. The van der Waals surface area contributed by atoms with Gasteiger partial charge in [-0.2, -0.15) is 0 Å². The number of rotatable bonds is 7. The Morgan fingerprint density at radius 3 is 2.39 bits per heavy atom. The fraction of sp³-hybridized carbons (Fsp3) is 0.167. The summed E-state index contributed by atoms with van der Waals surface area (Å²) in [5.74, 6) is -0.403. The quantitative estimate of drug-likeness (QED) is 0.135. The summed E-state index contributed by atoms with van der Waals surface area (Å²) in [6.07, 6.45) is 1.65. The Kier molecular flexibility index (Phi) is 6.73. The van der Waals surface area contributed by atoms with Gasteiger partial charge >= 0.3 is 5.91 Å². The maximum absolute atomic E-state index is 13.5. The molecule has 7 nitrogen and oxygen atoms in total. The molecule has 2 heterocycles. The first-order valence-corrected chi connectivity index (χ1v) is 12.8. The number of nitrogens with zero attached hydrogens (tertiary/aromatic N) is 2. The minimum Gasteiger partial charge on any atom is -0.507 e. The summed E-state index contributed by atoms with van der Waals surface area (Å²) in [7, 11) is 1.60. The van der Waals surface area contributed by atoms with E-state index in [1.165, 1.54) is 16.2 Å². The number of fused-ring (bicyclic) bond motifs is 1. The molecule has 0 spiro atoms. The van der Waals surface area contributed by atoms with Gasteiger partial charge in [-0.1, -0.05) is 43.0 Å². The fourth-order valence-corrected chi connectivity index (χ4v) is 5.40. The van der Waals surface area contributed by atoms with Crippen molar-refractivity contribution in [1.29, 1.82) is 0 Å². The molecule has 1 unspecified atom stereocenters. The number of aliphatic hydroxyl groups is 1. The molecule has 1 N–H and O–H groups in total. The van der Waals surface area contributed by atoms with E-state index in [0.717, 1.165) is 27.1 Å². The van der Waals surface area contributed by atoms with Crippen molar-refractivity contribution < 1.29 is 24.2 Å². The van der Waals surface area contributed by atoms with Gasteiger partial charge in [-0.05, 0) is 60.5 Å². The maximum atomic E-state index is 13.5. The molecule has 5 rings (SSSR count). The lowest BCUT2D eigenvalue weighted by atomic mass is 9.94. The number of aryl methyl sites for hydroxylation is 2. The number of Topliss-reactive ketones (excluding diaryl/α,β-unsaturated/α-hetero) is 1. The molecule has 4 aromatic rings.